The number of aryl methyl sites for hydroxylation is 1. The molecule has 1 heterocycles. The van der Waals surface area contributed by atoms with Gasteiger partial charge >= 0.3 is 5.97 Å². The predicted molar refractivity (Wildman–Crippen MR) is 72.9 cm³/mol. The zero-order valence-electron chi connectivity index (χ0n) is 9.85. The highest BCUT2D eigenvalue weighted by molar-refractivity contribution is 9.10. The molecule has 0 aliphatic heterocycles. The van der Waals surface area contributed by atoms with Gasteiger partial charge in [0.1, 0.15) is 0 Å². The molecule has 4 heteroatoms. The lowest BCUT2D eigenvalue weighted by atomic mass is 10.1. The average molecular weight is 306 g/mol. The number of hydrogen-bond acceptors (Lipinski definition) is 2. The molecule has 0 fully saturated rings. The van der Waals surface area contributed by atoms with Crippen LogP contribution in [-0.4, -0.2) is 16.1 Å². The summed E-state index contributed by atoms with van der Waals surface area (Å²) in [6.07, 6.45) is 2.44. The van der Waals surface area contributed by atoms with Crippen LogP contribution < -0.4 is 0 Å². The van der Waals surface area contributed by atoms with E-state index in [1.54, 1.807) is 12.1 Å². The first-order valence-corrected chi connectivity index (χ1v) is 6.28. The highest BCUT2D eigenvalue weighted by atomic mass is 79.9. The third-order valence-electron chi connectivity index (χ3n) is 2.56. The first-order valence-electron chi connectivity index (χ1n) is 5.49. The molecule has 2 aromatic rings. The number of hydrogen-bond donors (Lipinski definition) is 1. The highest BCUT2D eigenvalue weighted by Gasteiger charge is 2.07. The van der Waals surface area contributed by atoms with Gasteiger partial charge in [-0.25, -0.2) is 4.79 Å². The van der Waals surface area contributed by atoms with Gasteiger partial charge in [-0.3, -0.25) is 4.98 Å². The van der Waals surface area contributed by atoms with Crippen molar-refractivity contribution in [3.63, 3.8) is 0 Å². The minimum absolute atomic E-state index is 0.284. The summed E-state index contributed by atoms with van der Waals surface area (Å²) in [4.78, 5) is 15.3. The molecular formula is C14H12BrNO2. The van der Waals surface area contributed by atoms with Gasteiger partial charge in [0.05, 0.1) is 5.56 Å². The number of halogens is 1. The molecule has 0 bridgehead atoms. The van der Waals surface area contributed by atoms with Gasteiger partial charge in [-0.15, -0.1) is 0 Å². The fraction of sp³-hybridized carbons (Fsp3) is 0.143. The summed E-state index contributed by atoms with van der Waals surface area (Å²) in [7, 11) is 0. The van der Waals surface area contributed by atoms with Crippen molar-refractivity contribution in [2.45, 2.75) is 13.3 Å². The molecule has 2 rings (SSSR count). The maximum absolute atomic E-state index is 11.0. The van der Waals surface area contributed by atoms with E-state index in [1.807, 2.05) is 31.3 Å². The van der Waals surface area contributed by atoms with Crippen LogP contribution in [0.2, 0.25) is 0 Å². The van der Waals surface area contributed by atoms with E-state index in [-0.39, 0.29) is 5.56 Å². The quantitative estimate of drug-likeness (QED) is 0.945. The van der Waals surface area contributed by atoms with Crippen LogP contribution in [0.3, 0.4) is 0 Å². The van der Waals surface area contributed by atoms with Crippen LogP contribution in [0.25, 0.3) is 0 Å². The third kappa shape index (κ3) is 3.17. The summed E-state index contributed by atoms with van der Waals surface area (Å²) in [5.41, 5.74) is 3.25. The van der Waals surface area contributed by atoms with E-state index >= 15 is 0 Å². The van der Waals surface area contributed by atoms with Crippen molar-refractivity contribution in [3.05, 3.63) is 63.4 Å². The molecule has 1 N–H and O–H groups in total. The SMILES string of the molecule is Cc1ccc(Cc2cc(Br)cc(C(=O)O)c2)nc1. The van der Waals surface area contributed by atoms with Gasteiger partial charge in [0, 0.05) is 22.8 Å². The molecule has 0 aliphatic carbocycles. The van der Waals surface area contributed by atoms with Crippen LogP contribution in [0.1, 0.15) is 27.2 Å². The largest absolute Gasteiger partial charge is 0.478 e. The zero-order valence-corrected chi connectivity index (χ0v) is 11.4. The second-order valence-corrected chi connectivity index (χ2v) is 5.07. The summed E-state index contributed by atoms with van der Waals surface area (Å²) in [6, 6.07) is 9.13. The van der Waals surface area contributed by atoms with E-state index in [0.717, 1.165) is 21.3 Å². The lowest BCUT2D eigenvalue weighted by molar-refractivity contribution is 0.0696. The summed E-state index contributed by atoms with van der Waals surface area (Å²) in [5, 5.41) is 9.00. The standard InChI is InChI=1S/C14H12BrNO2/c1-9-2-3-13(16-8-9)6-10-4-11(14(17)18)7-12(15)5-10/h2-5,7-8H,6H2,1H3,(H,17,18). The van der Waals surface area contributed by atoms with Crippen molar-refractivity contribution in [1.29, 1.82) is 0 Å². The summed E-state index contributed by atoms with van der Waals surface area (Å²) in [6.45, 7) is 1.98. The molecule has 1 aromatic heterocycles. The minimum Gasteiger partial charge on any atom is -0.478 e. The topological polar surface area (TPSA) is 50.2 Å². The molecular weight excluding hydrogens is 294 g/mol. The van der Waals surface area contributed by atoms with Crippen LogP contribution in [-0.2, 0) is 6.42 Å². The average Bonchev–Trinajstić information content (AvgIpc) is 2.31. The molecule has 3 nitrogen and oxygen atoms in total. The number of benzene rings is 1. The van der Waals surface area contributed by atoms with Gasteiger partial charge in [0.25, 0.3) is 0 Å². The summed E-state index contributed by atoms with van der Waals surface area (Å²) >= 11 is 3.32. The van der Waals surface area contributed by atoms with Crippen LogP contribution >= 0.6 is 15.9 Å². The van der Waals surface area contributed by atoms with Gasteiger partial charge in [-0.05, 0) is 42.3 Å². The number of aromatic carboxylic acids is 1. The van der Waals surface area contributed by atoms with E-state index in [0.29, 0.717) is 6.42 Å². The van der Waals surface area contributed by atoms with Crippen molar-refractivity contribution in [2.75, 3.05) is 0 Å². The van der Waals surface area contributed by atoms with Crippen molar-refractivity contribution in [2.24, 2.45) is 0 Å². The molecule has 0 saturated carbocycles. The van der Waals surface area contributed by atoms with Crippen molar-refractivity contribution < 1.29 is 9.90 Å². The molecule has 92 valence electrons. The molecule has 0 saturated heterocycles. The molecule has 0 spiro atoms. The number of rotatable bonds is 3. The van der Waals surface area contributed by atoms with E-state index in [9.17, 15) is 4.79 Å². The molecule has 18 heavy (non-hydrogen) atoms. The van der Waals surface area contributed by atoms with Gasteiger partial charge in [0.2, 0.25) is 0 Å². The van der Waals surface area contributed by atoms with Crippen molar-refractivity contribution >= 4 is 21.9 Å². The lowest BCUT2D eigenvalue weighted by Crippen LogP contribution is -1.99. The van der Waals surface area contributed by atoms with E-state index in [4.69, 9.17) is 5.11 Å². The molecule has 0 amide bonds. The normalized spacial score (nSPS) is 10.3. The lowest BCUT2D eigenvalue weighted by Gasteiger charge is -2.04. The second-order valence-electron chi connectivity index (χ2n) is 4.16. The fourth-order valence-corrected chi connectivity index (χ4v) is 2.23. The van der Waals surface area contributed by atoms with Crippen LogP contribution in [0.4, 0.5) is 0 Å². The Bertz CT molecular complexity index is 579. The zero-order chi connectivity index (χ0) is 13.1. The summed E-state index contributed by atoms with van der Waals surface area (Å²) in [5.74, 6) is -0.922. The number of carboxylic acid groups (broad SMARTS) is 1. The summed E-state index contributed by atoms with van der Waals surface area (Å²) < 4.78 is 0.768. The number of aromatic nitrogens is 1. The second kappa shape index (κ2) is 5.31. The highest BCUT2D eigenvalue weighted by Crippen LogP contribution is 2.18. The molecule has 0 unspecified atom stereocenters. The first-order chi connectivity index (χ1) is 8.54. The maximum atomic E-state index is 11.0. The van der Waals surface area contributed by atoms with Gasteiger partial charge in [-0.2, -0.15) is 0 Å². The fourth-order valence-electron chi connectivity index (χ4n) is 1.69. The molecule has 0 atom stereocenters. The smallest absolute Gasteiger partial charge is 0.335 e. The van der Waals surface area contributed by atoms with Crippen molar-refractivity contribution in [1.82, 2.24) is 4.98 Å². The Hall–Kier alpha value is -1.68. The van der Waals surface area contributed by atoms with Gasteiger partial charge < -0.3 is 5.11 Å². The van der Waals surface area contributed by atoms with Crippen LogP contribution in [0.15, 0.2) is 41.0 Å². The Morgan fingerprint density at radius 3 is 2.72 bits per heavy atom. The van der Waals surface area contributed by atoms with Gasteiger partial charge in [0.15, 0.2) is 0 Å². The number of pyridine rings is 1. The number of carbonyl (C=O) groups is 1. The number of carboxylic acids is 1. The van der Waals surface area contributed by atoms with E-state index in [1.165, 1.54) is 0 Å². The van der Waals surface area contributed by atoms with E-state index in [2.05, 4.69) is 20.9 Å². The molecule has 1 aromatic carbocycles. The predicted octanol–water partition coefficient (Wildman–Crippen LogP) is 3.44. The van der Waals surface area contributed by atoms with Crippen LogP contribution in [0.5, 0.6) is 0 Å². The Kier molecular flexibility index (Phi) is 3.77. The minimum atomic E-state index is -0.922. The molecule has 0 aliphatic rings. The van der Waals surface area contributed by atoms with Gasteiger partial charge in [-0.1, -0.05) is 22.0 Å². The molecule has 0 radical (unpaired) electrons. The number of nitrogens with zero attached hydrogens (tertiary/aromatic N) is 1. The Morgan fingerprint density at radius 2 is 2.11 bits per heavy atom. The first kappa shape index (κ1) is 12.8. The Balaban J connectivity index is 2.28. The maximum Gasteiger partial charge on any atom is 0.335 e. The third-order valence-corrected chi connectivity index (χ3v) is 3.02. The van der Waals surface area contributed by atoms with Crippen molar-refractivity contribution in [3.8, 4) is 0 Å². The monoisotopic (exact) mass is 305 g/mol. The van der Waals surface area contributed by atoms with Crippen LogP contribution in [0, 0.1) is 6.92 Å². The van der Waals surface area contributed by atoms with E-state index < -0.39 is 5.97 Å². The Morgan fingerprint density at radius 1 is 1.33 bits per heavy atom. The Labute approximate surface area is 114 Å².